The van der Waals surface area contributed by atoms with Gasteiger partial charge >= 0.3 is 0 Å². The molecule has 1 fully saturated rings. The average molecular weight is 375 g/mol. The number of nitrogens with zero attached hydrogens (tertiary/aromatic N) is 1. The van der Waals surface area contributed by atoms with Crippen LogP contribution >= 0.6 is 0 Å². The second-order valence-electron chi connectivity index (χ2n) is 6.91. The van der Waals surface area contributed by atoms with Gasteiger partial charge in [-0.05, 0) is 56.9 Å². The third kappa shape index (κ3) is 3.51. The van der Waals surface area contributed by atoms with Crippen molar-refractivity contribution in [2.75, 3.05) is 24.6 Å². The number of hydrogen-bond acceptors (Lipinski definition) is 5. The summed E-state index contributed by atoms with van der Waals surface area (Å²) in [5.74, 6) is -0.158. The lowest BCUT2D eigenvalue weighted by Crippen LogP contribution is -2.52. The summed E-state index contributed by atoms with van der Waals surface area (Å²) >= 11 is 0. The molecule has 1 saturated heterocycles. The quantitative estimate of drug-likeness (QED) is 0.833. The van der Waals surface area contributed by atoms with E-state index >= 15 is 0 Å². The first-order valence-electron chi connectivity index (χ1n) is 7.94. The summed E-state index contributed by atoms with van der Waals surface area (Å²) in [6, 6.07) is 3.51. The molecule has 0 radical (unpaired) electrons. The minimum Gasteiger partial charge on any atom is -0.329 e. The molecule has 1 aromatic rings. The van der Waals surface area contributed by atoms with Crippen molar-refractivity contribution in [1.82, 2.24) is 4.31 Å². The van der Waals surface area contributed by atoms with Gasteiger partial charge < -0.3 is 5.73 Å². The van der Waals surface area contributed by atoms with Crippen LogP contribution in [0.25, 0.3) is 0 Å². The van der Waals surface area contributed by atoms with E-state index in [2.05, 4.69) is 0 Å². The molecule has 6 nitrogen and oxygen atoms in total. The van der Waals surface area contributed by atoms with Crippen molar-refractivity contribution in [2.24, 2.45) is 5.73 Å². The molecule has 1 aliphatic rings. The SMILES string of the molecule is Cc1cc(C)c(S(=O)(=O)N(CCN)[C@]2(C)CCS(=O)(=O)C2)cc1C. The molecule has 8 heteroatoms. The fraction of sp³-hybridized carbons (Fsp3) is 0.625. The van der Waals surface area contributed by atoms with Gasteiger partial charge in [-0.3, -0.25) is 0 Å². The molecular formula is C16H26N2O4S2. The Balaban J connectivity index is 2.57. The lowest BCUT2D eigenvalue weighted by molar-refractivity contribution is 0.238. The second kappa shape index (κ2) is 6.40. The van der Waals surface area contributed by atoms with Gasteiger partial charge in [0.05, 0.1) is 16.4 Å². The molecule has 0 unspecified atom stereocenters. The van der Waals surface area contributed by atoms with Gasteiger partial charge in [0.15, 0.2) is 9.84 Å². The van der Waals surface area contributed by atoms with Crippen molar-refractivity contribution in [1.29, 1.82) is 0 Å². The van der Waals surface area contributed by atoms with Crippen LogP contribution in [0.4, 0.5) is 0 Å². The molecule has 136 valence electrons. The van der Waals surface area contributed by atoms with E-state index < -0.39 is 25.4 Å². The molecule has 2 N–H and O–H groups in total. The second-order valence-corrected chi connectivity index (χ2v) is 10.9. The fourth-order valence-electron chi connectivity index (χ4n) is 3.32. The first-order chi connectivity index (χ1) is 10.9. The van der Waals surface area contributed by atoms with Crippen molar-refractivity contribution in [2.45, 2.75) is 44.6 Å². The van der Waals surface area contributed by atoms with Crippen molar-refractivity contribution >= 4 is 19.9 Å². The van der Waals surface area contributed by atoms with Crippen LogP contribution in [0.5, 0.6) is 0 Å². The monoisotopic (exact) mass is 374 g/mol. The fourth-order valence-corrected chi connectivity index (χ4v) is 7.65. The molecule has 0 amide bonds. The van der Waals surface area contributed by atoms with Crippen molar-refractivity contribution in [3.8, 4) is 0 Å². The van der Waals surface area contributed by atoms with Gasteiger partial charge in [-0.15, -0.1) is 0 Å². The number of hydrogen-bond donors (Lipinski definition) is 1. The Morgan fingerprint density at radius 3 is 2.25 bits per heavy atom. The van der Waals surface area contributed by atoms with E-state index in [1.807, 2.05) is 19.9 Å². The maximum Gasteiger partial charge on any atom is 0.243 e. The normalized spacial score (nSPS) is 23.8. The highest BCUT2D eigenvalue weighted by atomic mass is 32.2. The summed E-state index contributed by atoms with van der Waals surface area (Å²) in [6.07, 6.45) is 0.290. The minimum atomic E-state index is -3.84. The highest BCUT2D eigenvalue weighted by Gasteiger charge is 2.47. The minimum absolute atomic E-state index is 0.00595. The summed E-state index contributed by atoms with van der Waals surface area (Å²) in [5.41, 5.74) is 7.24. The predicted molar refractivity (Wildman–Crippen MR) is 95.3 cm³/mol. The van der Waals surface area contributed by atoms with Crippen LogP contribution in [0.15, 0.2) is 17.0 Å². The summed E-state index contributed by atoms with van der Waals surface area (Å²) in [4.78, 5) is 0.226. The van der Waals surface area contributed by atoms with Crippen LogP contribution in [-0.2, 0) is 19.9 Å². The van der Waals surface area contributed by atoms with Gasteiger partial charge in [-0.2, -0.15) is 4.31 Å². The van der Waals surface area contributed by atoms with E-state index in [4.69, 9.17) is 5.73 Å². The highest BCUT2D eigenvalue weighted by molar-refractivity contribution is 7.92. The molecule has 1 aromatic carbocycles. The molecule has 0 spiro atoms. The maximum atomic E-state index is 13.3. The maximum absolute atomic E-state index is 13.3. The van der Waals surface area contributed by atoms with Crippen molar-refractivity contribution in [3.05, 3.63) is 28.8 Å². The molecule has 1 heterocycles. The number of sulfone groups is 1. The molecule has 0 saturated carbocycles. The topological polar surface area (TPSA) is 97.5 Å². The molecule has 1 atom stereocenters. The van der Waals surface area contributed by atoms with Crippen LogP contribution in [0.3, 0.4) is 0 Å². The van der Waals surface area contributed by atoms with Gasteiger partial charge in [-0.25, -0.2) is 16.8 Å². The van der Waals surface area contributed by atoms with E-state index in [1.165, 1.54) is 4.31 Å². The molecule has 0 bridgehead atoms. The Labute approximate surface area is 145 Å². The lowest BCUT2D eigenvalue weighted by Gasteiger charge is -2.36. The standard InChI is InChI=1S/C16H26N2O4S2/c1-12-9-14(3)15(10-13(12)2)24(21,22)18(7-6-17)16(4)5-8-23(19,20)11-16/h9-10H,5-8,11,17H2,1-4H3/t16-/m1/s1. The van der Waals surface area contributed by atoms with E-state index in [-0.39, 0.29) is 29.5 Å². The van der Waals surface area contributed by atoms with E-state index in [0.717, 1.165) is 11.1 Å². The van der Waals surface area contributed by atoms with E-state index in [9.17, 15) is 16.8 Å². The number of sulfonamides is 1. The molecular weight excluding hydrogens is 348 g/mol. The van der Waals surface area contributed by atoms with Crippen LogP contribution in [0, 0.1) is 20.8 Å². The number of nitrogens with two attached hydrogens (primary N) is 1. The van der Waals surface area contributed by atoms with Gasteiger partial charge in [0.25, 0.3) is 0 Å². The zero-order chi connectivity index (χ0) is 18.3. The van der Waals surface area contributed by atoms with Gasteiger partial charge in [-0.1, -0.05) is 6.07 Å². The predicted octanol–water partition coefficient (Wildman–Crippen LogP) is 1.14. The van der Waals surface area contributed by atoms with E-state index in [0.29, 0.717) is 12.0 Å². The Hall–Kier alpha value is -0.960. The lowest BCUT2D eigenvalue weighted by atomic mass is 10.0. The summed E-state index contributed by atoms with van der Waals surface area (Å²) in [7, 11) is -7.07. The first kappa shape index (κ1) is 19.4. The van der Waals surface area contributed by atoms with E-state index in [1.54, 1.807) is 19.9 Å². The van der Waals surface area contributed by atoms with Crippen LogP contribution < -0.4 is 5.73 Å². The Morgan fingerprint density at radius 1 is 1.17 bits per heavy atom. The smallest absolute Gasteiger partial charge is 0.243 e. The summed E-state index contributed by atoms with van der Waals surface area (Å²) in [5, 5.41) is 0. The molecule has 24 heavy (non-hydrogen) atoms. The zero-order valence-electron chi connectivity index (χ0n) is 14.7. The van der Waals surface area contributed by atoms with Gasteiger partial charge in [0.2, 0.25) is 10.0 Å². The number of benzene rings is 1. The Morgan fingerprint density at radius 2 is 1.75 bits per heavy atom. The largest absolute Gasteiger partial charge is 0.329 e. The Bertz CT molecular complexity index is 847. The number of aryl methyl sites for hydroxylation is 3. The van der Waals surface area contributed by atoms with Crippen molar-refractivity contribution in [3.63, 3.8) is 0 Å². The first-order valence-corrected chi connectivity index (χ1v) is 11.2. The molecule has 0 aliphatic carbocycles. The molecule has 0 aromatic heterocycles. The van der Waals surface area contributed by atoms with Gasteiger partial charge in [0.1, 0.15) is 0 Å². The molecule has 1 aliphatic heterocycles. The molecule has 2 rings (SSSR count). The van der Waals surface area contributed by atoms with Crippen LogP contribution in [0.2, 0.25) is 0 Å². The third-order valence-electron chi connectivity index (χ3n) is 4.78. The van der Waals surface area contributed by atoms with Gasteiger partial charge in [0, 0.05) is 18.6 Å². The zero-order valence-corrected chi connectivity index (χ0v) is 16.3. The van der Waals surface area contributed by atoms with Crippen LogP contribution in [0.1, 0.15) is 30.0 Å². The average Bonchev–Trinajstić information content (AvgIpc) is 2.74. The summed E-state index contributed by atoms with van der Waals surface area (Å²) in [6.45, 7) is 7.48. The van der Waals surface area contributed by atoms with Crippen LogP contribution in [-0.4, -0.2) is 51.3 Å². The summed E-state index contributed by atoms with van der Waals surface area (Å²) < 4.78 is 51.7. The Kier molecular flexibility index (Phi) is 5.17. The third-order valence-corrected chi connectivity index (χ3v) is 8.86. The number of rotatable bonds is 5. The van der Waals surface area contributed by atoms with Crippen molar-refractivity contribution < 1.29 is 16.8 Å². The highest BCUT2D eigenvalue weighted by Crippen LogP contribution is 2.35.